The van der Waals surface area contributed by atoms with Gasteiger partial charge in [-0.05, 0) is 18.6 Å². The Hall–Kier alpha value is -1.36. The highest BCUT2D eigenvalue weighted by Gasteiger charge is 2.40. The number of carbonyl (C=O) groups is 2. The van der Waals surface area contributed by atoms with E-state index >= 15 is 0 Å². The first-order chi connectivity index (χ1) is 7.65. The van der Waals surface area contributed by atoms with Crippen molar-refractivity contribution in [2.45, 2.75) is 23.6 Å². The Labute approximate surface area is 97.1 Å². The van der Waals surface area contributed by atoms with Crippen molar-refractivity contribution in [1.29, 1.82) is 0 Å². The number of carbonyl (C=O) groups excluding carboxylic acids is 1. The summed E-state index contributed by atoms with van der Waals surface area (Å²) < 4.78 is 0. The van der Waals surface area contributed by atoms with Gasteiger partial charge in [0.1, 0.15) is 10.9 Å². The van der Waals surface area contributed by atoms with E-state index in [1.165, 1.54) is 11.8 Å². The van der Waals surface area contributed by atoms with Crippen LogP contribution in [0.3, 0.4) is 0 Å². The number of aliphatic carboxylic acids is 1. The summed E-state index contributed by atoms with van der Waals surface area (Å²) >= 11 is 1.38. The van der Waals surface area contributed by atoms with Crippen molar-refractivity contribution in [2.75, 3.05) is 0 Å². The smallest absolute Gasteiger partial charge is 0.315 e. The molecule has 5 heteroatoms. The van der Waals surface area contributed by atoms with E-state index in [4.69, 9.17) is 5.11 Å². The van der Waals surface area contributed by atoms with E-state index < -0.39 is 11.9 Å². The maximum atomic E-state index is 12.0. The molecule has 1 aliphatic heterocycles. The Bertz CT molecular complexity index is 447. The lowest BCUT2D eigenvalue weighted by atomic mass is 9.93. The molecule has 0 amide bonds. The summed E-state index contributed by atoms with van der Waals surface area (Å²) in [6.07, 6.45) is 2.26. The monoisotopic (exact) mass is 237 g/mol. The van der Waals surface area contributed by atoms with Gasteiger partial charge in [-0.25, -0.2) is 4.98 Å². The van der Waals surface area contributed by atoms with Crippen molar-refractivity contribution < 1.29 is 14.7 Å². The number of hydrogen-bond donors (Lipinski definition) is 1. The van der Waals surface area contributed by atoms with Gasteiger partial charge in [0.05, 0.1) is 5.56 Å². The van der Waals surface area contributed by atoms with Crippen LogP contribution in [0.15, 0.2) is 23.4 Å². The van der Waals surface area contributed by atoms with E-state index in [1.807, 2.05) is 6.92 Å². The Balaban J connectivity index is 2.46. The maximum absolute atomic E-state index is 12.0. The molecule has 0 aliphatic carbocycles. The van der Waals surface area contributed by atoms with E-state index in [2.05, 4.69) is 4.98 Å². The van der Waals surface area contributed by atoms with E-state index in [0.717, 1.165) is 0 Å². The standard InChI is InChI=1S/C11H11NO3S/c1-2-7-8(11(14)15)9(13)6-4-3-5-12-10(6)16-7/h3-5,7-8H,2H2,1H3,(H,14,15). The highest BCUT2D eigenvalue weighted by atomic mass is 32.2. The van der Waals surface area contributed by atoms with E-state index in [0.29, 0.717) is 17.0 Å². The molecule has 4 nitrogen and oxygen atoms in total. The molecular formula is C11H11NO3S. The van der Waals surface area contributed by atoms with Crippen LogP contribution in [0.5, 0.6) is 0 Å². The van der Waals surface area contributed by atoms with Crippen LogP contribution < -0.4 is 0 Å². The molecular weight excluding hydrogens is 226 g/mol. The van der Waals surface area contributed by atoms with Crippen molar-refractivity contribution in [1.82, 2.24) is 4.98 Å². The molecule has 2 unspecified atom stereocenters. The Morgan fingerprint density at radius 1 is 1.62 bits per heavy atom. The van der Waals surface area contributed by atoms with Gasteiger partial charge in [0.25, 0.3) is 0 Å². The normalized spacial score (nSPS) is 23.9. The van der Waals surface area contributed by atoms with Gasteiger partial charge in [-0.15, -0.1) is 11.8 Å². The number of Topliss-reactive ketones (excluding diaryl/α,β-unsaturated/α-hetero) is 1. The van der Waals surface area contributed by atoms with E-state index in [1.54, 1.807) is 18.3 Å². The quantitative estimate of drug-likeness (QED) is 0.795. The lowest BCUT2D eigenvalue weighted by Crippen LogP contribution is -2.36. The van der Waals surface area contributed by atoms with Gasteiger partial charge in [-0.2, -0.15) is 0 Å². The average Bonchev–Trinajstić information content (AvgIpc) is 2.28. The number of thioether (sulfide) groups is 1. The van der Waals surface area contributed by atoms with Crippen LogP contribution in [0, 0.1) is 5.92 Å². The highest BCUT2D eigenvalue weighted by Crippen LogP contribution is 2.38. The van der Waals surface area contributed by atoms with Crippen LogP contribution in [-0.4, -0.2) is 27.1 Å². The molecule has 2 rings (SSSR count). The fraction of sp³-hybridized carbons (Fsp3) is 0.364. The van der Waals surface area contributed by atoms with Crippen molar-refractivity contribution in [3.8, 4) is 0 Å². The number of rotatable bonds is 2. The summed E-state index contributed by atoms with van der Waals surface area (Å²) in [5, 5.41) is 9.52. The van der Waals surface area contributed by atoms with Crippen LogP contribution in [0.2, 0.25) is 0 Å². The first kappa shape index (κ1) is 11.1. The predicted molar refractivity (Wildman–Crippen MR) is 59.6 cm³/mol. The number of hydrogen-bond acceptors (Lipinski definition) is 4. The molecule has 1 aromatic heterocycles. The zero-order valence-electron chi connectivity index (χ0n) is 8.71. The molecule has 1 aromatic rings. The Kier molecular flexibility index (Phi) is 2.96. The largest absolute Gasteiger partial charge is 0.481 e. The van der Waals surface area contributed by atoms with E-state index in [9.17, 15) is 9.59 Å². The molecule has 1 aliphatic rings. The molecule has 0 spiro atoms. The molecule has 0 radical (unpaired) electrons. The second-order valence-corrected chi connectivity index (χ2v) is 4.83. The lowest BCUT2D eigenvalue weighted by Gasteiger charge is -2.26. The average molecular weight is 237 g/mol. The Morgan fingerprint density at radius 3 is 3.00 bits per heavy atom. The van der Waals surface area contributed by atoms with Crippen LogP contribution in [0.25, 0.3) is 0 Å². The molecule has 84 valence electrons. The number of aromatic nitrogens is 1. The van der Waals surface area contributed by atoms with Crippen LogP contribution in [-0.2, 0) is 4.79 Å². The summed E-state index contributed by atoms with van der Waals surface area (Å²) in [4.78, 5) is 27.2. The van der Waals surface area contributed by atoms with Gasteiger partial charge in [-0.1, -0.05) is 6.92 Å². The summed E-state index contributed by atoms with van der Waals surface area (Å²) in [5.41, 5.74) is 0.435. The lowest BCUT2D eigenvalue weighted by molar-refractivity contribution is -0.140. The van der Waals surface area contributed by atoms with Gasteiger partial charge in [-0.3, -0.25) is 9.59 Å². The third-order valence-electron chi connectivity index (χ3n) is 2.62. The minimum atomic E-state index is -1.04. The second-order valence-electron chi connectivity index (χ2n) is 3.60. The zero-order valence-corrected chi connectivity index (χ0v) is 9.53. The van der Waals surface area contributed by atoms with Gasteiger partial charge in [0.2, 0.25) is 0 Å². The van der Waals surface area contributed by atoms with Gasteiger partial charge >= 0.3 is 5.97 Å². The third-order valence-corrected chi connectivity index (χ3v) is 4.08. The molecule has 1 N–H and O–H groups in total. The minimum Gasteiger partial charge on any atom is -0.481 e. The third kappa shape index (κ3) is 1.71. The van der Waals surface area contributed by atoms with Crippen molar-refractivity contribution >= 4 is 23.5 Å². The highest BCUT2D eigenvalue weighted by molar-refractivity contribution is 8.00. The minimum absolute atomic E-state index is 0.215. The number of fused-ring (bicyclic) bond motifs is 1. The first-order valence-electron chi connectivity index (χ1n) is 5.03. The predicted octanol–water partition coefficient (Wildman–Crippen LogP) is 1.85. The summed E-state index contributed by atoms with van der Waals surface area (Å²) in [6.45, 7) is 1.88. The van der Waals surface area contributed by atoms with Gasteiger partial charge in [0.15, 0.2) is 5.78 Å². The molecule has 0 bridgehead atoms. The topological polar surface area (TPSA) is 67.3 Å². The van der Waals surface area contributed by atoms with E-state index in [-0.39, 0.29) is 11.0 Å². The fourth-order valence-electron chi connectivity index (χ4n) is 1.81. The number of carboxylic acid groups (broad SMARTS) is 1. The number of pyridine rings is 1. The second kappa shape index (κ2) is 4.25. The van der Waals surface area contributed by atoms with Crippen LogP contribution in [0.1, 0.15) is 23.7 Å². The molecule has 2 heterocycles. The van der Waals surface area contributed by atoms with Gasteiger partial charge < -0.3 is 5.11 Å². The fourth-order valence-corrected chi connectivity index (χ4v) is 3.06. The molecule has 0 fully saturated rings. The zero-order chi connectivity index (χ0) is 11.7. The maximum Gasteiger partial charge on any atom is 0.315 e. The van der Waals surface area contributed by atoms with Crippen LogP contribution >= 0.6 is 11.8 Å². The Morgan fingerprint density at radius 2 is 2.38 bits per heavy atom. The number of nitrogens with zero attached hydrogens (tertiary/aromatic N) is 1. The molecule has 16 heavy (non-hydrogen) atoms. The van der Waals surface area contributed by atoms with Crippen molar-refractivity contribution in [2.24, 2.45) is 5.92 Å². The molecule has 0 saturated heterocycles. The molecule has 0 aromatic carbocycles. The summed E-state index contributed by atoms with van der Waals surface area (Å²) in [5.74, 6) is -2.30. The van der Waals surface area contributed by atoms with Crippen LogP contribution in [0.4, 0.5) is 0 Å². The first-order valence-corrected chi connectivity index (χ1v) is 5.91. The van der Waals surface area contributed by atoms with Crippen molar-refractivity contribution in [3.63, 3.8) is 0 Å². The van der Waals surface area contributed by atoms with Gasteiger partial charge in [0, 0.05) is 11.4 Å². The molecule has 2 atom stereocenters. The summed E-state index contributed by atoms with van der Waals surface area (Å²) in [7, 11) is 0. The van der Waals surface area contributed by atoms with Crippen molar-refractivity contribution in [3.05, 3.63) is 23.9 Å². The number of ketones is 1. The number of carboxylic acids is 1. The summed E-state index contributed by atoms with van der Waals surface area (Å²) in [6, 6.07) is 3.29. The SMILES string of the molecule is CCC1Sc2ncccc2C(=O)C1C(=O)O. The molecule has 0 saturated carbocycles.